The normalized spacial score (nSPS) is 19.3. The molecule has 0 radical (unpaired) electrons. The minimum Gasteiger partial charge on any atom is -0.493 e. The topological polar surface area (TPSA) is 76.2 Å². The number of piperidine rings is 1. The zero-order valence-corrected chi connectivity index (χ0v) is 19.0. The number of hydrogen-bond acceptors (Lipinski definition) is 5. The zero-order valence-electron chi connectivity index (χ0n) is 18.2. The molecule has 2 aromatic carbocycles. The smallest absolute Gasteiger partial charge is 0.243 e. The first-order valence-corrected chi connectivity index (χ1v) is 12.1. The van der Waals surface area contributed by atoms with E-state index in [2.05, 4.69) is 0 Å². The standard InChI is InChI=1S/C23H27FN2O5S/c1-30-21-12-16-9-11-25(14-18(16)13-22(21)31-2)23(27)17-4-3-10-26(15-17)32(28,29)20-7-5-19(24)6-8-20/h5-8,12-13,17H,3-4,9-11,14-15H2,1-2H3/t17-/m0/s1. The molecule has 7 nitrogen and oxygen atoms in total. The molecule has 1 atom stereocenters. The van der Waals surface area contributed by atoms with Crippen LogP contribution >= 0.6 is 0 Å². The summed E-state index contributed by atoms with van der Waals surface area (Å²) in [5, 5.41) is 0. The van der Waals surface area contributed by atoms with Gasteiger partial charge in [0.15, 0.2) is 11.5 Å². The number of halogens is 1. The number of nitrogens with zero attached hydrogens (tertiary/aromatic N) is 2. The van der Waals surface area contributed by atoms with Gasteiger partial charge in [0.2, 0.25) is 15.9 Å². The van der Waals surface area contributed by atoms with Crippen LogP contribution in [0.3, 0.4) is 0 Å². The highest BCUT2D eigenvalue weighted by molar-refractivity contribution is 7.89. The Hall–Kier alpha value is -2.65. The van der Waals surface area contributed by atoms with Crippen molar-refractivity contribution in [1.29, 1.82) is 0 Å². The lowest BCUT2D eigenvalue weighted by Gasteiger charge is -2.36. The van der Waals surface area contributed by atoms with Crippen LogP contribution in [0.25, 0.3) is 0 Å². The summed E-state index contributed by atoms with van der Waals surface area (Å²) < 4.78 is 51.3. The van der Waals surface area contributed by atoms with Gasteiger partial charge in [0.1, 0.15) is 5.82 Å². The maximum atomic E-state index is 13.3. The van der Waals surface area contributed by atoms with Gasteiger partial charge in [-0.2, -0.15) is 4.31 Å². The van der Waals surface area contributed by atoms with Gasteiger partial charge in [-0.25, -0.2) is 12.8 Å². The summed E-state index contributed by atoms with van der Waals surface area (Å²) in [7, 11) is -0.603. The van der Waals surface area contributed by atoms with Gasteiger partial charge in [0, 0.05) is 26.2 Å². The lowest BCUT2D eigenvalue weighted by Crippen LogP contribution is -2.47. The van der Waals surface area contributed by atoms with Crippen LogP contribution < -0.4 is 9.47 Å². The molecule has 0 spiro atoms. The highest BCUT2D eigenvalue weighted by Gasteiger charge is 2.36. The van der Waals surface area contributed by atoms with E-state index in [1.54, 1.807) is 19.1 Å². The first kappa shape index (κ1) is 22.5. The van der Waals surface area contributed by atoms with Gasteiger partial charge in [0.05, 0.1) is 25.0 Å². The Morgan fingerprint density at radius 3 is 2.34 bits per heavy atom. The van der Waals surface area contributed by atoms with Crippen LogP contribution in [0.15, 0.2) is 41.3 Å². The van der Waals surface area contributed by atoms with E-state index in [4.69, 9.17) is 9.47 Å². The van der Waals surface area contributed by atoms with Crippen LogP contribution in [0.1, 0.15) is 24.0 Å². The second kappa shape index (κ2) is 9.07. The molecule has 1 amide bonds. The summed E-state index contributed by atoms with van der Waals surface area (Å²) in [5.74, 6) is 0.357. The van der Waals surface area contributed by atoms with E-state index in [0.717, 1.165) is 23.3 Å². The molecule has 9 heteroatoms. The third-order valence-corrected chi connectivity index (χ3v) is 8.09. The first-order valence-electron chi connectivity index (χ1n) is 10.6. The number of benzene rings is 2. The Labute approximate surface area is 187 Å². The molecule has 0 aromatic heterocycles. The van der Waals surface area contributed by atoms with E-state index in [-0.39, 0.29) is 17.3 Å². The van der Waals surface area contributed by atoms with Crippen molar-refractivity contribution in [3.63, 3.8) is 0 Å². The summed E-state index contributed by atoms with van der Waals surface area (Å²) in [6, 6.07) is 8.65. The highest BCUT2D eigenvalue weighted by Crippen LogP contribution is 2.34. The summed E-state index contributed by atoms with van der Waals surface area (Å²) in [5.41, 5.74) is 2.13. The van der Waals surface area contributed by atoms with Crippen LogP contribution in [0, 0.1) is 11.7 Å². The fraction of sp³-hybridized carbons (Fsp3) is 0.435. The number of sulfonamides is 1. The van der Waals surface area contributed by atoms with Gasteiger partial charge in [-0.05, 0) is 66.8 Å². The fourth-order valence-electron chi connectivity index (χ4n) is 4.45. The summed E-state index contributed by atoms with van der Waals surface area (Å²) in [6.07, 6.45) is 1.95. The number of hydrogen-bond donors (Lipinski definition) is 0. The van der Waals surface area contributed by atoms with E-state index >= 15 is 0 Å². The van der Waals surface area contributed by atoms with Gasteiger partial charge < -0.3 is 14.4 Å². The van der Waals surface area contributed by atoms with Gasteiger partial charge in [-0.3, -0.25) is 4.79 Å². The molecular weight excluding hydrogens is 435 g/mol. The van der Waals surface area contributed by atoms with Crippen molar-refractivity contribution < 1.29 is 27.1 Å². The summed E-state index contributed by atoms with van der Waals surface area (Å²) >= 11 is 0. The molecule has 0 bridgehead atoms. The molecule has 0 N–H and O–H groups in total. The molecule has 2 aliphatic heterocycles. The maximum Gasteiger partial charge on any atom is 0.243 e. The minimum atomic E-state index is -3.78. The third kappa shape index (κ3) is 4.31. The predicted octanol–water partition coefficient (Wildman–Crippen LogP) is 2.83. The highest BCUT2D eigenvalue weighted by atomic mass is 32.2. The van der Waals surface area contributed by atoms with Crippen LogP contribution in [0.2, 0.25) is 0 Å². The average molecular weight is 463 g/mol. The summed E-state index contributed by atoms with van der Waals surface area (Å²) in [6.45, 7) is 1.51. The lowest BCUT2D eigenvalue weighted by atomic mass is 9.94. The van der Waals surface area contributed by atoms with E-state index in [9.17, 15) is 17.6 Å². The van der Waals surface area contributed by atoms with E-state index in [0.29, 0.717) is 50.4 Å². The van der Waals surface area contributed by atoms with E-state index < -0.39 is 21.8 Å². The Bertz CT molecular complexity index is 1100. The SMILES string of the molecule is COc1cc2c(cc1OC)CN(C(=O)[C@H]1CCCN(S(=O)(=O)c3ccc(F)cc3)C1)CC2. The fourth-order valence-corrected chi connectivity index (χ4v) is 5.97. The molecule has 0 aliphatic carbocycles. The largest absolute Gasteiger partial charge is 0.493 e. The number of carbonyl (C=O) groups excluding carboxylic acids is 1. The van der Waals surface area contributed by atoms with E-state index in [1.807, 2.05) is 12.1 Å². The lowest BCUT2D eigenvalue weighted by molar-refractivity contribution is -0.137. The average Bonchev–Trinajstić information content (AvgIpc) is 2.82. The van der Waals surface area contributed by atoms with Crippen molar-refractivity contribution in [2.75, 3.05) is 33.9 Å². The summed E-state index contributed by atoms with van der Waals surface area (Å²) in [4.78, 5) is 15.1. The first-order chi connectivity index (χ1) is 15.3. The number of rotatable bonds is 5. The quantitative estimate of drug-likeness (QED) is 0.683. The zero-order chi connectivity index (χ0) is 22.9. The van der Waals surface area contributed by atoms with Crippen molar-refractivity contribution in [1.82, 2.24) is 9.21 Å². The Balaban J connectivity index is 1.49. The Morgan fingerprint density at radius 1 is 1.03 bits per heavy atom. The van der Waals surface area contributed by atoms with Gasteiger partial charge in [-0.1, -0.05) is 0 Å². The number of ether oxygens (including phenoxy) is 2. The third-order valence-electron chi connectivity index (χ3n) is 6.21. The second-order valence-electron chi connectivity index (χ2n) is 8.14. The molecular formula is C23H27FN2O5S. The van der Waals surface area contributed by atoms with Crippen LogP contribution in [0.5, 0.6) is 11.5 Å². The molecule has 4 rings (SSSR count). The van der Waals surface area contributed by atoms with Crippen LogP contribution in [-0.4, -0.2) is 57.4 Å². The second-order valence-corrected chi connectivity index (χ2v) is 10.1. The van der Waals surface area contributed by atoms with Gasteiger partial charge >= 0.3 is 0 Å². The predicted molar refractivity (Wildman–Crippen MR) is 117 cm³/mol. The molecule has 0 unspecified atom stereocenters. The van der Waals surface area contributed by atoms with Crippen molar-refractivity contribution in [3.8, 4) is 11.5 Å². The number of methoxy groups -OCH3 is 2. The molecule has 172 valence electrons. The van der Waals surface area contributed by atoms with Crippen LogP contribution in [-0.2, 0) is 27.8 Å². The Kier molecular flexibility index (Phi) is 6.39. The number of carbonyl (C=O) groups is 1. The molecule has 1 saturated heterocycles. The molecule has 1 fully saturated rings. The van der Waals surface area contributed by atoms with Gasteiger partial charge in [-0.15, -0.1) is 0 Å². The van der Waals surface area contributed by atoms with E-state index in [1.165, 1.54) is 16.4 Å². The van der Waals surface area contributed by atoms with Crippen molar-refractivity contribution in [2.45, 2.75) is 30.7 Å². The van der Waals surface area contributed by atoms with Crippen LogP contribution in [0.4, 0.5) is 4.39 Å². The van der Waals surface area contributed by atoms with Crippen molar-refractivity contribution >= 4 is 15.9 Å². The number of amides is 1. The van der Waals surface area contributed by atoms with Crippen molar-refractivity contribution in [2.24, 2.45) is 5.92 Å². The molecule has 32 heavy (non-hydrogen) atoms. The minimum absolute atomic E-state index is 0.0376. The monoisotopic (exact) mass is 462 g/mol. The molecule has 2 aromatic rings. The Morgan fingerprint density at radius 2 is 1.69 bits per heavy atom. The maximum absolute atomic E-state index is 13.3. The van der Waals surface area contributed by atoms with Gasteiger partial charge in [0.25, 0.3) is 0 Å². The molecule has 2 aliphatic rings. The molecule has 0 saturated carbocycles. The molecule has 2 heterocycles. The number of fused-ring (bicyclic) bond motifs is 1. The van der Waals surface area contributed by atoms with Crippen molar-refractivity contribution in [3.05, 3.63) is 53.3 Å².